The topological polar surface area (TPSA) is 85.8 Å². The van der Waals surface area contributed by atoms with Crippen LogP contribution >= 0.6 is 0 Å². The third kappa shape index (κ3) is 3.79. The lowest BCUT2D eigenvalue weighted by Gasteiger charge is -2.15. The van der Waals surface area contributed by atoms with Crippen molar-refractivity contribution in [2.75, 3.05) is 26.8 Å². The molecule has 2 N–H and O–H groups in total. The van der Waals surface area contributed by atoms with Crippen LogP contribution < -0.4 is 5.73 Å². The minimum atomic E-state index is -3.58. The molecule has 0 radical (unpaired) electrons. The van der Waals surface area contributed by atoms with Crippen molar-refractivity contribution in [1.29, 1.82) is 0 Å². The molecule has 19 heavy (non-hydrogen) atoms. The van der Waals surface area contributed by atoms with Crippen LogP contribution in [0.2, 0.25) is 0 Å². The molecule has 0 amide bonds. The lowest BCUT2D eigenvalue weighted by Crippen LogP contribution is -2.30. The lowest BCUT2D eigenvalue weighted by molar-refractivity contribution is 0.117. The highest BCUT2D eigenvalue weighted by atomic mass is 32.2. The van der Waals surface area contributed by atoms with Crippen LogP contribution in [0.1, 0.15) is 18.6 Å². The molecule has 108 valence electrons. The molecule has 6 nitrogen and oxygen atoms in total. The van der Waals surface area contributed by atoms with Crippen molar-refractivity contribution in [3.8, 4) is 0 Å². The second-order valence-electron chi connectivity index (χ2n) is 4.77. The normalized spacial score (nSPS) is 16.2. The van der Waals surface area contributed by atoms with Crippen LogP contribution in [-0.2, 0) is 21.3 Å². The first-order valence-corrected chi connectivity index (χ1v) is 7.81. The van der Waals surface area contributed by atoms with Crippen molar-refractivity contribution >= 4 is 10.0 Å². The Morgan fingerprint density at radius 3 is 2.79 bits per heavy atom. The fourth-order valence-corrected chi connectivity index (χ4v) is 2.68. The first-order chi connectivity index (χ1) is 9.04. The molecule has 0 unspecified atom stereocenters. The molecule has 1 aliphatic rings. The zero-order chi connectivity index (χ0) is 13.9. The molecule has 0 bridgehead atoms. The number of hydrogen-bond acceptors (Lipinski definition) is 5. The van der Waals surface area contributed by atoms with Crippen molar-refractivity contribution < 1.29 is 17.6 Å². The summed E-state index contributed by atoms with van der Waals surface area (Å²) in [5.74, 6) is 1.14. The molecule has 7 heteroatoms. The fraction of sp³-hybridized carbons (Fsp3) is 0.667. The summed E-state index contributed by atoms with van der Waals surface area (Å²) in [6.07, 6.45) is 2.45. The average molecular weight is 288 g/mol. The van der Waals surface area contributed by atoms with E-state index in [1.54, 1.807) is 6.07 Å². The molecule has 1 fully saturated rings. The van der Waals surface area contributed by atoms with Gasteiger partial charge < -0.3 is 14.9 Å². The van der Waals surface area contributed by atoms with E-state index in [-0.39, 0.29) is 11.6 Å². The zero-order valence-electron chi connectivity index (χ0n) is 11.0. The van der Waals surface area contributed by atoms with Gasteiger partial charge in [0.1, 0.15) is 5.76 Å². The third-order valence-electron chi connectivity index (χ3n) is 3.10. The van der Waals surface area contributed by atoms with Gasteiger partial charge in [0, 0.05) is 20.2 Å². The van der Waals surface area contributed by atoms with Gasteiger partial charge in [0.2, 0.25) is 5.09 Å². The Labute approximate surface area is 113 Å². The maximum atomic E-state index is 12.1. The Bertz CT molecular complexity index is 508. The summed E-state index contributed by atoms with van der Waals surface area (Å²) < 4.78 is 36.1. The molecule has 0 aromatic carbocycles. The lowest BCUT2D eigenvalue weighted by atomic mass is 10.5. The van der Waals surface area contributed by atoms with Gasteiger partial charge in [0.05, 0.1) is 13.2 Å². The Hall–Kier alpha value is -0.890. The Morgan fingerprint density at radius 1 is 1.47 bits per heavy atom. The quantitative estimate of drug-likeness (QED) is 0.715. The maximum Gasteiger partial charge on any atom is 0.276 e. The summed E-state index contributed by atoms with van der Waals surface area (Å²) in [6, 6.07) is 3.00. The smallest absolute Gasteiger partial charge is 0.276 e. The monoisotopic (exact) mass is 288 g/mol. The summed E-state index contributed by atoms with van der Waals surface area (Å²) in [5, 5.41) is -0.0716. The summed E-state index contributed by atoms with van der Waals surface area (Å²) in [5.41, 5.74) is 5.39. The van der Waals surface area contributed by atoms with E-state index in [9.17, 15) is 8.42 Å². The summed E-state index contributed by atoms with van der Waals surface area (Å²) in [6.45, 7) is 1.63. The van der Waals surface area contributed by atoms with Crippen molar-refractivity contribution in [3.63, 3.8) is 0 Å². The third-order valence-corrected chi connectivity index (χ3v) is 4.83. The largest absolute Gasteiger partial charge is 0.447 e. The van der Waals surface area contributed by atoms with Crippen LogP contribution in [0.3, 0.4) is 0 Å². The number of sulfonamides is 1. The predicted octanol–water partition coefficient (Wildman–Crippen LogP) is 0.785. The second kappa shape index (κ2) is 6.04. The zero-order valence-corrected chi connectivity index (χ0v) is 11.9. The Balaban J connectivity index is 1.86. The van der Waals surface area contributed by atoms with Crippen LogP contribution in [-0.4, -0.2) is 39.5 Å². The van der Waals surface area contributed by atoms with Gasteiger partial charge in [-0.2, -0.15) is 4.31 Å². The van der Waals surface area contributed by atoms with Gasteiger partial charge >= 0.3 is 0 Å². The molecule has 1 aliphatic carbocycles. The average Bonchev–Trinajstić information content (AvgIpc) is 3.07. The van der Waals surface area contributed by atoms with E-state index in [4.69, 9.17) is 14.9 Å². The molecule has 0 atom stereocenters. The van der Waals surface area contributed by atoms with Crippen LogP contribution in [0.25, 0.3) is 0 Å². The van der Waals surface area contributed by atoms with Crippen molar-refractivity contribution in [3.05, 3.63) is 17.9 Å². The molecule has 1 aromatic rings. The Kier molecular flexibility index (Phi) is 4.62. The molecule has 0 saturated heterocycles. The summed E-state index contributed by atoms with van der Waals surface area (Å²) >= 11 is 0. The predicted molar refractivity (Wildman–Crippen MR) is 70.0 cm³/mol. The number of ether oxygens (including phenoxy) is 1. The van der Waals surface area contributed by atoms with E-state index in [0.717, 1.165) is 6.61 Å². The van der Waals surface area contributed by atoms with Crippen molar-refractivity contribution in [2.24, 2.45) is 11.7 Å². The number of nitrogens with two attached hydrogens (primary N) is 1. The molecule has 1 heterocycles. The van der Waals surface area contributed by atoms with Gasteiger partial charge in [0.25, 0.3) is 10.0 Å². The van der Waals surface area contributed by atoms with E-state index in [1.807, 2.05) is 0 Å². The van der Waals surface area contributed by atoms with E-state index in [2.05, 4.69) is 0 Å². The highest BCUT2D eigenvalue weighted by Crippen LogP contribution is 2.28. The first-order valence-electron chi connectivity index (χ1n) is 6.37. The Morgan fingerprint density at radius 2 is 2.21 bits per heavy atom. The molecule has 2 rings (SSSR count). The van der Waals surface area contributed by atoms with Crippen LogP contribution in [0, 0.1) is 5.92 Å². The molecule has 1 saturated carbocycles. The molecule has 1 aromatic heterocycles. The molecular weight excluding hydrogens is 268 g/mol. The van der Waals surface area contributed by atoms with Crippen molar-refractivity contribution in [1.82, 2.24) is 4.31 Å². The van der Waals surface area contributed by atoms with Gasteiger partial charge in [0.15, 0.2) is 0 Å². The standard InChI is InChI=1S/C12H20N2O4S/c1-14(6-7-17-9-10-2-3-10)19(15,16)12-5-4-11(8-13)18-12/h4-5,10H,2-3,6-9,13H2,1H3. The number of rotatable bonds is 8. The fourth-order valence-electron chi connectivity index (χ4n) is 1.61. The number of likely N-dealkylation sites (N-methyl/N-ethyl adjacent to an activating group) is 1. The SMILES string of the molecule is CN(CCOCC1CC1)S(=O)(=O)c1ccc(CN)o1. The van der Waals surface area contributed by atoms with Gasteiger partial charge in [-0.3, -0.25) is 0 Å². The highest BCUT2D eigenvalue weighted by molar-refractivity contribution is 7.89. The molecule has 0 spiro atoms. The van der Waals surface area contributed by atoms with Gasteiger partial charge in [-0.1, -0.05) is 0 Å². The van der Waals surface area contributed by atoms with E-state index in [0.29, 0.717) is 24.8 Å². The second-order valence-corrected chi connectivity index (χ2v) is 6.75. The molecule has 0 aliphatic heterocycles. The maximum absolute atomic E-state index is 12.1. The number of furan rings is 1. The van der Waals surface area contributed by atoms with Gasteiger partial charge in [-0.25, -0.2) is 8.42 Å². The number of hydrogen-bond donors (Lipinski definition) is 1. The van der Waals surface area contributed by atoms with E-state index in [1.165, 1.54) is 30.3 Å². The minimum Gasteiger partial charge on any atom is -0.447 e. The summed E-state index contributed by atoms with van der Waals surface area (Å²) in [7, 11) is -2.07. The summed E-state index contributed by atoms with van der Waals surface area (Å²) in [4.78, 5) is 0. The van der Waals surface area contributed by atoms with E-state index < -0.39 is 10.0 Å². The van der Waals surface area contributed by atoms with Crippen LogP contribution in [0.5, 0.6) is 0 Å². The number of nitrogens with zero attached hydrogens (tertiary/aromatic N) is 1. The van der Waals surface area contributed by atoms with Crippen LogP contribution in [0.15, 0.2) is 21.6 Å². The first kappa shape index (κ1) is 14.5. The van der Waals surface area contributed by atoms with E-state index >= 15 is 0 Å². The van der Waals surface area contributed by atoms with Crippen molar-refractivity contribution in [2.45, 2.75) is 24.5 Å². The van der Waals surface area contributed by atoms with Crippen LogP contribution in [0.4, 0.5) is 0 Å². The highest BCUT2D eigenvalue weighted by Gasteiger charge is 2.25. The minimum absolute atomic E-state index is 0.0716. The molecular formula is C12H20N2O4S. The van der Waals surface area contributed by atoms with Gasteiger partial charge in [-0.15, -0.1) is 0 Å². The van der Waals surface area contributed by atoms with Gasteiger partial charge in [-0.05, 0) is 30.9 Å².